The first-order chi connectivity index (χ1) is 4.88. The molecule has 0 spiro atoms. The van der Waals surface area contributed by atoms with Gasteiger partial charge in [-0.1, -0.05) is 24.4 Å². The SMILES string of the molecule is C=CN=C1SC=C/C1=C/C. The van der Waals surface area contributed by atoms with E-state index in [1.807, 2.05) is 24.5 Å². The summed E-state index contributed by atoms with van der Waals surface area (Å²) in [4.78, 5) is 4.09. The Morgan fingerprint density at radius 3 is 3.10 bits per heavy atom. The predicted molar refractivity (Wildman–Crippen MR) is 48.1 cm³/mol. The fraction of sp³-hybridized carbons (Fsp3) is 0.125. The van der Waals surface area contributed by atoms with Crippen LogP contribution in [-0.4, -0.2) is 5.04 Å². The minimum Gasteiger partial charge on any atom is -0.250 e. The van der Waals surface area contributed by atoms with Crippen LogP contribution in [0.5, 0.6) is 0 Å². The predicted octanol–water partition coefficient (Wildman–Crippen LogP) is 2.74. The third-order valence-corrected chi connectivity index (χ3v) is 2.03. The summed E-state index contributed by atoms with van der Waals surface area (Å²) in [5, 5.41) is 3.06. The minimum absolute atomic E-state index is 1.04. The lowest BCUT2D eigenvalue weighted by molar-refractivity contribution is 1.58. The molecule has 52 valence electrons. The highest BCUT2D eigenvalue weighted by atomic mass is 32.2. The van der Waals surface area contributed by atoms with Crippen LogP contribution in [0.1, 0.15) is 6.92 Å². The van der Waals surface area contributed by atoms with E-state index in [9.17, 15) is 0 Å². The van der Waals surface area contributed by atoms with Crippen molar-refractivity contribution in [3.05, 3.63) is 35.9 Å². The molecule has 0 fully saturated rings. The second-order valence-corrected chi connectivity index (χ2v) is 2.68. The van der Waals surface area contributed by atoms with Crippen LogP contribution in [0.25, 0.3) is 0 Å². The number of thioether (sulfide) groups is 1. The van der Waals surface area contributed by atoms with Gasteiger partial charge in [-0.05, 0) is 18.4 Å². The van der Waals surface area contributed by atoms with Gasteiger partial charge in [0.1, 0.15) is 5.04 Å². The zero-order valence-corrected chi connectivity index (χ0v) is 6.69. The van der Waals surface area contributed by atoms with Gasteiger partial charge in [-0.3, -0.25) is 0 Å². The van der Waals surface area contributed by atoms with Crippen molar-refractivity contribution in [3.63, 3.8) is 0 Å². The molecule has 1 aliphatic rings. The van der Waals surface area contributed by atoms with E-state index in [1.54, 1.807) is 18.0 Å². The maximum atomic E-state index is 4.09. The van der Waals surface area contributed by atoms with Crippen LogP contribution in [0.4, 0.5) is 0 Å². The van der Waals surface area contributed by atoms with E-state index in [1.165, 1.54) is 5.57 Å². The van der Waals surface area contributed by atoms with E-state index in [4.69, 9.17) is 0 Å². The summed E-state index contributed by atoms with van der Waals surface area (Å²) < 4.78 is 0. The zero-order valence-electron chi connectivity index (χ0n) is 5.87. The van der Waals surface area contributed by atoms with Crippen molar-refractivity contribution >= 4 is 16.8 Å². The number of allylic oxidation sites excluding steroid dienone is 2. The Morgan fingerprint density at radius 2 is 2.50 bits per heavy atom. The zero-order chi connectivity index (χ0) is 7.40. The quantitative estimate of drug-likeness (QED) is 0.561. The van der Waals surface area contributed by atoms with Crippen molar-refractivity contribution < 1.29 is 0 Å². The number of hydrogen-bond donors (Lipinski definition) is 0. The fourth-order valence-corrected chi connectivity index (χ4v) is 1.52. The molecule has 0 atom stereocenters. The first-order valence-corrected chi connectivity index (χ1v) is 3.95. The molecule has 1 heterocycles. The highest BCUT2D eigenvalue weighted by Gasteiger charge is 2.06. The minimum atomic E-state index is 1.04. The number of rotatable bonds is 1. The Morgan fingerprint density at radius 1 is 1.70 bits per heavy atom. The van der Waals surface area contributed by atoms with E-state index in [2.05, 4.69) is 11.6 Å². The van der Waals surface area contributed by atoms with Gasteiger partial charge < -0.3 is 0 Å². The molecule has 1 aliphatic heterocycles. The monoisotopic (exact) mass is 151 g/mol. The first kappa shape index (κ1) is 7.35. The molecule has 0 amide bonds. The summed E-state index contributed by atoms with van der Waals surface area (Å²) in [5.41, 5.74) is 1.19. The van der Waals surface area contributed by atoms with Gasteiger partial charge in [0.2, 0.25) is 0 Å². The molecule has 0 aliphatic carbocycles. The Labute approximate surface area is 65.2 Å². The molecule has 0 radical (unpaired) electrons. The van der Waals surface area contributed by atoms with Gasteiger partial charge in [-0.25, -0.2) is 4.99 Å². The van der Waals surface area contributed by atoms with Crippen LogP contribution in [-0.2, 0) is 0 Å². The Kier molecular flexibility index (Phi) is 2.51. The third-order valence-electron chi connectivity index (χ3n) is 1.19. The molecule has 0 N–H and O–H groups in total. The summed E-state index contributed by atoms with van der Waals surface area (Å²) in [6.07, 6.45) is 5.66. The highest BCUT2D eigenvalue weighted by Crippen LogP contribution is 2.23. The highest BCUT2D eigenvalue weighted by molar-refractivity contribution is 8.17. The van der Waals surface area contributed by atoms with Gasteiger partial charge >= 0.3 is 0 Å². The largest absolute Gasteiger partial charge is 0.250 e. The van der Waals surface area contributed by atoms with Crippen LogP contribution < -0.4 is 0 Å². The second kappa shape index (κ2) is 3.42. The van der Waals surface area contributed by atoms with E-state index in [0.29, 0.717) is 0 Å². The fourth-order valence-electron chi connectivity index (χ4n) is 0.719. The molecule has 0 saturated carbocycles. The average Bonchev–Trinajstić information content (AvgIpc) is 2.36. The number of aliphatic imine (C=N–C) groups is 1. The summed E-state index contributed by atoms with van der Waals surface area (Å²) in [6.45, 7) is 5.54. The van der Waals surface area contributed by atoms with Gasteiger partial charge in [0, 0.05) is 11.8 Å². The molecule has 10 heavy (non-hydrogen) atoms. The lowest BCUT2D eigenvalue weighted by atomic mass is 10.3. The molecule has 0 aromatic rings. The molecule has 2 heteroatoms. The lowest BCUT2D eigenvalue weighted by Gasteiger charge is -1.92. The van der Waals surface area contributed by atoms with Crippen molar-refractivity contribution in [1.82, 2.24) is 0 Å². The van der Waals surface area contributed by atoms with E-state index in [0.717, 1.165) is 5.04 Å². The maximum absolute atomic E-state index is 4.09. The lowest BCUT2D eigenvalue weighted by Crippen LogP contribution is -1.86. The van der Waals surface area contributed by atoms with E-state index < -0.39 is 0 Å². The van der Waals surface area contributed by atoms with Gasteiger partial charge in [-0.2, -0.15) is 0 Å². The standard InChI is InChI=1S/C8H9NS/c1-3-7-5-6-10-8(7)9-4-2/h3-6H,2H2,1H3/b7-3-,9-8?. The van der Waals surface area contributed by atoms with E-state index >= 15 is 0 Å². The third kappa shape index (κ3) is 1.39. The summed E-state index contributed by atoms with van der Waals surface area (Å²) in [6, 6.07) is 0. The number of nitrogens with zero attached hydrogens (tertiary/aromatic N) is 1. The van der Waals surface area contributed by atoms with Crippen molar-refractivity contribution in [1.29, 1.82) is 0 Å². The van der Waals surface area contributed by atoms with Crippen LogP contribution in [0, 0.1) is 0 Å². The van der Waals surface area contributed by atoms with Crippen molar-refractivity contribution in [3.8, 4) is 0 Å². The molecule has 0 aromatic carbocycles. The van der Waals surface area contributed by atoms with Crippen molar-refractivity contribution in [2.75, 3.05) is 0 Å². The molecule has 1 nitrogen and oxygen atoms in total. The molecule has 0 aromatic heterocycles. The molecule has 0 bridgehead atoms. The van der Waals surface area contributed by atoms with Crippen LogP contribution in [0.3, 0.4) is 0 Å². The van der Waals surface area contributed by atoms with Gasteiger partial charge in [0.05, 0.1) is 0 Å². The van der Waals surface area contributed by atoms with Crippen molar-refractivity contribution in [2.24, 2.45) is 4.99 Å². The van der Waals surface area contributed by atoms with E-state index in [-0.39, 0.29) is 0 Å². The van der Waals surface area contributed by atoms with Crippen LogP contribution in [0.15, 0.2) is 40.9 Å². The molecule has 1 rings (SSSR count). The maximum Gasteiger partial charge on any atom is 0.107 e. The van der Waals surface area contributed by atoms with Gasteiger partial charge in [0.15, 0.2) is 0 Å². The average molecular weight is 151 g/mol. The van der Waals surface area contributed by atoms with Gasteiger partial charge in [0.25, 0.3) is 0 Å². The Bertz CT molecular complexity index is 223. The summed E-state index contributed by atoms with van der Waals surface area (Å²) in [7, 11) is 0. The van der Waals surface area contributed by atoms with Gasteiger partial charge in [-0.15, -0.1) is 0 Å². The van der Waals surface area contributed by atoms with Crippen LogP contribution in [0.2, 0.25) is 0 Å². The molecular formula is C8H9NS. The summed E-state index contributed by atoms with van der Waals surface area (Å²) >= 11 is 1.63. The first-order valence-electron chi connectivity index (χ1n) is 3.07. The molecular weight excluding hydrogens is 142 g/mol. The molecule has 0 unspecified atom stereocenters. The van der Waals surface area contributed by atoms with Crippen molar-refractivity contribution in [2.45, 2.75) is 6.92 Å². The Hall–Kier alpha value is -0.760. The second-order valence-electron chi connectivity index (χ2n) is 1.78. The molecule has 0 saturated heterocycles. The normalized spacial score (nSPS) is 24.5. The topological polar surface area (TPSA) is 12.4 Å². The smallest absolute Gasteiger partial charge is 0.107 e. The van der Waals surface area contributed by atoms with Crippen LogP contribution >= 0.6 is 11.8 Å². The number of hydrogen-bond acceptors (Lipinski definition) is 2. The summed E-state index contributed by atoms with van der Waals surface area (Å²) in [5.74, 6) is 0. The Balaban J connectivity index is 2.84.